The van der Waals surface area contributed by atoms with Crippen molar-refractivity contribution in [1.82, 2.24) is 4.31 Å². The molecule has 0 bridgehead atoms. The van der Waals surface area contributed by atoms with E-state index >= 15 is 0 Å². The monoisotopic (exact) mass is 406 g/mol. The second-order valence-corrected chi connectivity index (χ2v) is 9.47. The number of sulfonamides is 1. The molecule has 0 saturated carbocycles. The highest BCUT2D eigenvalue weighted by Gasteiger charge is 2.38. The molecule has 0 fully saturated rings. The van der Waals surface area contributed by atoms with Crippen molar-refractivity contribution in [2.75, 3.05) is 18.4 Å². The molecule has 0 spiro atoms. The zero-order chi connectivity index (χ0) is 20.4. The Labute approximate surface area is 173 Å². The number of nitrogens with zero attached hydrogens (tertiary/aromatic N) is 1. The average molecular weight is 407 g/mol. The summed E-state index contributed by atoms with van der Waals surface area (Å²) in [6, 6.07) is 16.1. The van der Waals surface area contributed by atoms with Crippen LogP contribution in [0.3, 0.4) is 0 Å². The van der Waals surface area contributed by atoms with Gasteiger partial charge < -0.3 is 5.32 Å². The number of allylic oxidation sites excluding steroid dienone is 2. The molecule has 2 aliphatic rings. The number of hydrogen-bond acceptors (Lipinski definition) is 3. The molecule has 0 amide bonds. The van der Waals surface area contributed by atoms with Gasteiger partial charge in [0.05, 0.1) is 10.9 Å². The normalized spacial score (nSPS) is 22.6. The summed E-state index contributed by atoms with van der Waals surface area (Å²) in [6.45, 7) is 7.87. The fraction of sp³-hybridized carbons (Fsp3) is 0.250. The second kappa shape index (κ2) is 8.01. The van der Waals surface area contributed by atoms with E-state index in [4.69, 9.17) is 0 Å². The largest absolute Gasteiger partial charge is 0.378 e. The van der Waals surface area contributed by atoms with Crippen LogP contribution < -0.4 is 5.32 Å². The number of fused-ring (bicyclic) bond motifs is 3. The molecule has 4 rings (SSSR count). The smallest absolute Gasteiger partial charge is 0.243 e. The van der Waals surface area contributed by atoms with Gasteiger partial charge in [-0.05, 0) is 41.7 Å². The first-order valence-electron chi connectivity index (χ1n) is 9.90. The van der Waals surface area contributed by atoms with E-state index in [0.29, 0.717) is 10.8 Å². The van der Waals surface area contributed by atoms with E-state index in [1.54, 1.807) is 18.2 Å². The first-order chi connectivity index (χ1) is 14.1. The average Bonchev–Trinajstić information content (AvgIpc) is 3.23. The van der Waals surface area contributed by atoms with Crippen molar-refractivity contribution in [3.8, 4) is 0 Å². The topological polar surface area (TPSA) is 49.4 Å². The molecule has 29 heavy (non-hydrogen) atoms. The molecule has 0 saturated heterocycles. The van der Waals surface area contributed by atoms with Crippen LogP contribution in [-0.2, 0) is 10.0 Å². The summed E-state index contributed by atoms with van der Waals surface area (Å²) in [5.74, 6) is 0.583. The van der Waals surface area contributed by atoms with Crippen LogP contribution in [0.15, 0.2) is 90.9 Å². The number of benzene rings is 2. The predicted octanol–water partition coefficient (Wildman–Crippen LogP) is 4.88. The minimum atomic E-state index is -3.61. The molecule has 2 aromatic rings. The van der Waals surface area contributed by atoms with Crippen LogP contribution in [-0.4, -0.2) is 25.8 Å². The highest BCUT2D eigenvalue weighted by molar-refractivity contribution is 7.89. The molecule has 150 valence electrons. The predicted molar refractivity (Wildman–Crippen MR) is 118 cm³/mol. The molecule has 1 aliphatic heterocycles. The number of rotatable bonds is 7. The third-order valence-corrected chi connectivity index (χ3v) is 7.62. The second-order valence-electron chi connectivity index (χ2n) is 7.53. The van der Waals surface area contributed by atoms with Crippen molar-refractivity contribution in [3.63, 3.8) is 0 Å². The van der Waals surface area contributed by atoms with Crippen molar-refractivity contribution >= 4 is 15.7 Å². The molecule has 1 heterocycles. The van der Waals surface area contributed by atoms with Crippen molar-refractivity contribution < 1.29 is 8.42 Å². The van der Waals surface area contributed by atoms with Gasteiger partial charge in [-0.15, -0.1) is 13.2 Å². The van der Waals surface area contributed by atoms with E-state index < -0.39 is 10.0 Å². The van der Waals surface area contributed by atoms with Gasteiger partial charge in [0, 0.05) is 24.7 Å². The van der Waals surface area contributed by atoms with Crippen LogP contribution in [0.2, 0.25) is 0 Å². The molecular weight excluding hydrogens is 380 g/mol. The SMILES string of the molecule is C=CCN(CC=C)S(=O)(=O)c1ccc2c(c1)C1C=CCC1C(c1ccccc1)N2. The Kier molecular flexibility index (Phi) is 5.43. The summed E-state index contributed by atoms with van der Waals surface area (Å²) in [5.41, 5.74) is 3.32. The molecular formula is C24H26N2O2S. The summed E-state index contributed by atoms with van der Waals surface area (Å²) in [7, 11) is -3.61. The molecule has 1 aliphatic carbocycles. The van der Waals surface area contributed by atoms with Crippen molar-refractivity contribution in [3.05, 3.63) is 97.1 Å². The maximum atomic E-state index is 13.2. The molecule has 3 atom stereocenters. The number of nitrogens with one attached hydrogen (secondary N) is 1. The highest BCUT2D eigenvalue weighted by atomic mass is 32.2. The molecule has 0 aromatic heterocycles. The lowest BCUT2D eigenvalue weighted by Gasteiger charge is -2.37. The standard InChI is InChI=1S/C24H26N2O2S/c1-3-15-26(16-4-2)29(27,28)19-13-14-23-22(17-19)20-11-8-12-21(20)24(25-23)18-9-6-5-7-10-18/h3-11,13-14,17,20-21,24-25H,1-2,12,15-16H2. The number of hydrogen-bond donors (Lipinski definition) is 1. The fourth-order valence-corrected chi connectivity index (χ4v) is 5.85. The van der Waals surface area contributed by atoms with Gasteiger partial charge in [-0.2, -0.15) is 4.31 Å². The maximum Gasteiger partial charge on any atom is 0.243 e. The summed E-state index contributed by atoms with van der Waals surface area (Å²) < 4.78 is 27.7. The minimum absolute atomic E-state index is 0.207. The summed E-state index contributed by atoms with van der Waals surface area (Å²) in [6.07, 6.45) is 8.61. The van der Waals surface area contributed by atoms with Gasteiger partial charge in [0.1, 0.15) is 0 Å². The molecule has 4 nitrogen and oxygen atoms in total. The van der Waals surface area contributed by atoms with E-state index in [1.807, 2.05) is 18.2 Å². The quantitative estimate of drug-likeness (QED) is 0.667. The Hall–Kier alpha value is -2.63. The van der Waals surface area contributed by atoms with Gasteiger partial charge in [-0.1, -0.05) is 54.6 Å². The van der Waals surface area contributed by atoms with Gasteiger partial charge in [0.15, 0.2) is 0 Å². The van der Waals surface area contributed by atoms with Crippen LogP contribution in [0.4, 0.5) is 5.69 Å². The van der Waals surface area contributed by atoms with E-state index in [0.717, 1.165) is 17.7 Å². The Bertz CT molecular complexity index is 1030. The lowest BCUT2D eigenvalue weighted by Crippen LogP contribution is -2.32. The maximum absolute atomic E-state index is 13.2. The van der Waals surface area contributed by atoms with Crippen LogP contribution >= 0.6 is 0 Å². The van der Waals surface area contributed by atoms with Crippen LogP contribution in [0.25, 0.3) is 0 Å². The Morgan fingerprint density at radius 1 is 1.07 bits per heavy atom. The third kappa shape index (κ3) is 3.56. The van der Waals surface area contributed by atoms with Gasteiger partial charge >= 0.3 is 0 Å². The molecule has 2 aromatic carbocycles. The lowest BCUT2D eigenvalue weighted by molar-refractivity contribution is 0.424. The molecule has 3 unspecified atom stereocenters. The van der Waals surface area contributed by atoms with Gasteiger partial charge in [-0.25, -0.2) is 8.42 Å². The molecule has 5 heteroatoms. The zero-order valence-electron chi connectivity index (χ0n) is 16.4. The first kappa shape index (κ1) is 19.7. The van der Waals surface area contributed by atoms with E-state index in [1.165, 1.54) is 9.87 Å². The van der Waals surface area contributed by atoms with Gasteiger partial charge in [0.2, 0.25) is 10.0 Å². The van der Waals surface area contributed by atoms with Crippen LogP contribution in [0.1, 0.15) is 29.5 Å². The minimum Gasteiger partial charge on any atom is -0.378 e. The van der Waals surface area contributed by atoms with Crippen molar-refractivity contribution in [2.24, 2.45) is 5.92 Å². The Morgan fingerprint density at radius 3 is 2.48 bits per heavy atom. The lowest BCUT2D eigenvalue weighted by atomic mass is 9.77. The van der Waals surface area contributed by atoms with Crippen LogP contribution in [0.5, 0.6) is 0 Å². The summed E-state index contributed by atoms with van der Waals surface area (Å²) >= 11 is 0. The van der Waals surface area contributed by atoms with Crippen molar-refractivity contribution in [2.45, 2.75) is 23.3 Å². The van der Waals surface area contributed by atoms with E-state index in [9.17, 15) is 8.42 Å². The van der Waals surface area contributed by atoms with E-state index in [2.05, 4.69) is 54.9 Å². The van der Waals surface area contributed by atoms with Gasteiger partial charge in [-0.3, -0.25) is 0 Å². The Morgan fingerprint density at radius 2 is 1.79 bits per heavy atom. The molecule has 1 N–H and O–H groups in total. The van der Waals surface area contributed by atoms with Crippen molar-refractivity contribution in [1.29, 1.82) is 0 Å². The van der Waals surface area contributed by atoms with Gasteiger partial charge in [0.25, 0.3) is 0 Å². The highest BCUT2D eigenvalue weighted by Crippen LogP contribution is 2.50. The number of anilines is 1. The summed E-state index contributed by atoms with van der Waals surface area (Å²) in [5, 5.41) is 3.66. The molecule has 0 radical (unpaired) electrons. The zero-order valence-corrected chi connectivity index (χ0v) is 17.2. The van der Waals surface area contributed by atoms with Crippen LogP contribution in [0, 0.1) is 5.92 Å². The fourth-order valence-electron chi connectivity index (χ4n) is 4.43. The summed E-state index contributed by atoms with van der Waals surface area (Å²) in [4.78, 5) is 0.318. The third-order valence-electron chi connectivity index (χ3n) is 5.80. The Balaban J connectivity index is 1.73. The van der Waals surface area contributed by atoms with E-state index in [-0.39, 0.29) is 25.0 Å². The first-order valence-corrected chi connectivity index (χ1v) is 11.3.